The van der Waals surface area contributed by atoms with Gasteiger partial charge in [-0.05, 0) is 54.8 Å². The van der Waals surface area contributed by atoms with Crippen molar-refractivity contribution in [2.24, 2.45) is 0 Å². The molecule has 2 aromatic carbocycles. The van der Waals surface area contributed by atoms with Crippen molar-refractivity contribution in [3.63, 3.8) is 0 Å². The van der Waals surface area contributed by atoms with Gasteiger partial charge >= 0.3 is 0 Å². The lowest BCUT2D eigenvalue weighted by Crippen LogP contribution is -2.29. The maximum Gasteiger partial charge on any atom is 0.266 e. The predicted octanol–water partition coefficient (Wildman–Crippen LogP) is 6.10. The number of unbranched alkanes of at least 4 members (excludes halogenated alkanes) is 2. The molecule has 0 saturated carbocycles. The summed E-state index contributed by atoms with van der Waals surface area (Å²) >= 11 is 18.8. The van der Waals surface area contributed by atoms with Crippen molar-refractivity contribution in [1.29, 1.82) is 0 Å². The molecule has 0 aromatic heterocycles. The maximum absolute atomic E-state index is 12.7. The lowest BCUT2D eigenvalue weighted by atomic mass is 10.1. The molecule has 162 valence electrons. The van der Waals surface area contributed by atoms with Gasteiger partial charge in [0.2, 0.25) is 5.91 Å². The summed E-state index contributed by atoms with van der Waals surface area (Å²) in [4.78, 5) is 26.8. The third-order valence-corrected chi connectivity index (χ3v) is 6.79. The van der Waals surface area contributed by atoms with E-state index in [1.165, 1.54) is 23.9 Å². The molecular weight excluding hydrogens is 475 g/mol. The Morgan fingerprint density at radius 3 is 2.61 bits per heavy atom. The molecule has 2 amide bonds. The topological polar surface area (TPSA) is 69.6 Å². The highest BCUT2D eigenvalue weighted by Gasteiger charge is 2.31. The number of thiocarbonyl (C=S) groups is 1. The van der Waals surface area contributed by atoms with Crippen LogP contribution in [0.25, 0.3) is 6.08 Å². The Morgan fingerprint density at radius 2 is 1.87 bits per heavy atom. The van der Waals surface area contributed by atoms with Crippen LogP contribution in [0, 0.1) is 0 Å². The fraction of sp³-hybridized carbons (Fsp3) is 0.227. The number of phenolic OH excluding ortho intramolecular Hbond substituents is 1. The third kappa shape index (κ3) is 6.46. The van der Waals surface area contributed by atoms with E-state index >= 15 is 0 Å². The van der Waals surface area contributed by atoms with Crippen molar-refractivity contribution < 1.29 is 14.7 Å². The van der Waals surface area contributed by atoms with Crippen LogP contribution in [0.15, 0.2) is 47.4 Å². The van der Waals surface area contributed by atoms with Crippen molar-refractivity contribution in [3.05, 3.63) is 63.0 Å². The molecular formula is C22H20Cl2N2O3S2. The number of aromatic hydroxyl groups is 1. The zero-order valence-electron chi connectivity index (χ0n) is 16.4. The highest BCUT2D eigenvalue weighted by atomic mass is 35.5. The zero-order valence-corrected chi connectivity index (χ0v) is 19.6. The van der Waals surface area contributed by atoms with Crippen LogP contribution in [0.4, 0.5) is 5.69 Å². The molecule has 0 spiro atoms. The Morgan fingerprint density at radius 1 is 1.13 bits per heavy atom. The summed E-state index contributed by atoms with van der Waals surface area (Å²) in [6.45, 7) is 0.505. The fourth-order valence-corrected chi connectivity index (χ4v) is 4.63. The van der Waals surface area contributed by atoms with Crippen LogP contribution in [-0.2, 0) is 9.59 Å². The molecule has 1 saturated heterocycles. The second-order valence-electron chi connectivity index (χ2n) is 6.88. The van der Waals surface area contributed by atoms with Gasteiger partial charge in [0.15, 0.2) is 0 Å². The van der Waals surface area contributed by atoms with Crippen LogP contribution in [-0.4, -0.2) is 32.7 Å². The van der Waals surface area contributed by atoms with Crippen LogP contribution >= 0.6 is 47.2 Å². The highest BCUT2D eigenvalue weighted by Crippen LogP contribution is 2.35. The van der Waals surface area contributed by atoms with Gasteiger partial charge in [0.1, 0.15) is 10.1 Å². The standard InChI is InChI=1S/C22H20Cl2N2O3S2/c23-17-6-4-5-14(20(17)24)13-18-21(29)26(22(30)31-18)12-3-1-2-7-19(28)25-15-8-10-16(27)11-9-15/h4-6,8-11,13,27H,1-3,7,12H2,(H,25,28)/b18-13-. The van der Waals surface area contributed by atoms with Gasteiger partial charge in [-0.3, -0.25) is 14.5 Å². The third-order valence-electron chi connectivity index (χ3n) is 4.58. The number of hydrogen-bond acceptors (Lipinski definition) is 5. The van der Waals surface area contributed by atoms with Gasteiger partial charge in [-0.15, -0.1) is 0 Å². The summed E-state index contributed by atoms with van der Waals surface area (Å²) in [6, 6.07) is 11.6. The number of phenols is 1. The van der Waals surface area contributed by atoms with Crippen LogP contribution in [0.5, 0.6) is 5.75 Å². The number of anilines is 1. The van der Waals surface area contributed by atoms with E-state index in [1.807, 2.05) is 0 Å². The summed E-state index contributed by atoms with van der Waals surface area (Å²) in [5.74, 6) is -0.0760. The van der Waals surface area contributed by atoms with Gasteiger partial charge in [0.25, 0.3) is 5.91 Å². The van der Waals surface area contributed by atoms with Crippen molar-refractivity contribution in [1.82, 2.24) is 4.90 Å². The molecule has 9 heteroatoms. The summed E-state index contributed by atoms with van der Waals surface area (Å²) < 4.78 is 0.513. The Bertz CT molecular complexity index is 1030. The minimum atomic E-state index is -0.142. The molecule has 1 aliphatic heterocycles. The maximum atomic E-state index is 12.7. The number of nitrogens with zero attached hydrogens (tertiary/aromatic N) is 1. The van der Waals surface area contributed by atoms with E-state index < -0.39 is 0 Å². The van der Waals surface area contributed by atoms with E-state index in [9.17, 15) is 14.7 Å². The number of amides is 2. The van der Waals surface area contributed by atoms with Crippen LogP contribution in [0.2, 0.25) is 10.0 Å². The molecule has 0 radical (unpaired) electrons. The molecule has 2 aromatic rings. The zero-order chi connectivity index (χ0) is 22.4. The Labute approximate surface area is 200 Å². The molecule has 1 heterocycles. The molecule has 0 unspecified atom stereocenters. The molecule has 5 nitrogen and oxygen atoms in total. The molecule has 0 aliphatic carbocycles. The molecule has 3 rings (SSSR count). The quantitative estimate of drug-likeness (QED) is 0.201. The van der Waals surface area contributed by atoms with Crippen molar-refractivity contribution >= 4 is 75.1 Å². The molecule has 31 heavy (non-hydrogen) atoms. The largest absolute Gasteiger partial charge is 0.508 e. The van der Waals surface area contributed by atoms with Crippen LogP contribution < -0.4 is 5.32 Å². The van der Waals surface area contributed by atoms with E-state index in [-0.39, 0.29) is 17.6 Å². The number of nitrogens with one attached hydrogen (secondary N) is 1. The number of carbonyl (C=O) groups excluding carboxylic acids is 2. The van der Waals surface area contributed by atoms with Gasteiger partial charge in [-0.2, -0.15) is 0 Å². The molecule has 2 N–H and O–H groups in total. The highest BCUT2D eigenvalue weighted by molar-refractivity contribution is 8.26. The molecule has 1 aliphatic rings. The lowest BCUT2D eigenvalue weighted by molar-refractivity contribution is -0.122. The molecule has 0 atom stereocenters. The van der Waals surface area contributed by atoms with E-state index in [0.717, 1.165) is 12.8 Å². The van der Waals surface area contributed by atoms with E-state index in [0.29, 0.717) is 49.9 Å². The summed E-state index contributed by atoms with van der Waals surface area (Å²) in [5, 5.41) is 12.9. The molecule has 1 fully saturated rings. The first-order valence-electron chi connectivity index (χ1n) is 9.63. The predicted molar refractivity (Wildman–Crippen MR) is 132 cm³/mol. The monoisotopic (exact) mass is 494 g/mol. The van der Waals surface area contributed by atoms with Gasteiger partial charge in [-0.25, -0.2) is 0 Å². The number of halogens is 2. The van der Waals surface area contributed by atoms with Gasteiger partial charge in [-0.1, -0.05) is 65.7 Å². The normalized spacial score (nSPS) is 15.0. The summed E-state index contributed by atoms with van der Waals surface area (Å²) in [7, 11) is 0. The fourth-order valence-electron chi connectivity index (χ4n) is 2.97. The Hall–Kier alpha value is -2.06. The van der Waals surface area contributed by atoms with E-state index in [1.54, 1.807) is 41.3 Å². The van der Waals surface area contributed by atoms with Gasteiger partial charge in [0, 0.05) is 18.7 Å². The van der Waals surface area contributed by atoms with Crippen LogP contribution in [0.3, 0.4) is 0 Å². The van der Waals surface area contributed by atoms with Gasteiger partial charge < -0.3 is 10.4 Å². The van der Waals surface area contributed by atoms with Crippen molar-refractivity contribution in [3.8, 4) is 5.75 Å². The summed E-state index contributed by atoms with van der Waals surface area (Å²) in [5.41, 5.74) is 1.32. The number of benzene rings is 2. The van der Waals surface area contributed by atoms with E-state index in [2.05, 4.69) is 5.32 Å². The number of thioether (sulfide) groups is 1. The van der Waals surface area contributed by atoms with Crippen molar-refractivity contribution in [2.45, 2.75) is 25.7 Å². The summed E-state index contributed by atoms with van der Waals surface area (Å²) in [6.07, 6.45) is 4.32. The molecule has 0 bridgehead atoms. The lowest BCUT2D eigenvalue weighted by Gasteiger charge is -2.14. The second-order valence-corrected chi connectivity index (χ2v) is 9.34. The average Bonchev–Trinajstić information content (AvgIpc) is 3.00. The number of hydrogen-bond donors (Lipinski definition) is 2. The van der Waals surface area contributed by atoms with E-state index in [4.69, 9.17) is 35.4 Å². The average molecular weight is 495 g/mol. The first-order valence-corrected chi connectivity index (χ1v) is 11.6. The minimum absolute atomic E-state index is 0.0855. The van der Waals surface area contributed by atoms with Gasteiger partial charge in [0.05, 0.1) is 15.0 Å². The Balaban J connectivity index is 1.44. The van der Waals surface area contributed by atoms with Crippen LogP contribution in [0.1, 0.15) is 31.2 Å². The second kappa shape index (κ2) is 11.0. The smallest absolute Gasteiger partial charge is 0.266 e. The van der Waals surface area contributed by atoms with Crippen molar-refractivity contribution in [2.75, 3.05) is 11.9 Å². The Kier molecular flexibility index (Phi) is 8.37. The first-order chi connectivity index (χ1) is 14.8. The SMILES string of the molecule is O=C(CCCCCN1C(=O)/C(=C/c2cccc(Cl)c2Cl)SC1=S)Nc1ccc(O)cc1. The number of carbonyl (C=O) groups is 2. The first kappa shape index (κ1) is 23.6. The number of rotatable bonds is 8. The minimum Gasteiger partial charge on any atom is -0.508 e.